The van der Waals surface area contributed by atoms with Gasteiger partial charge in [-0.05, 0) is 37.1 Å². The van der Waals surface area contributed by atoms with Crippen molar-refractivity contribution in [1.29, 1.82) is 0 Å². The van der Waals surface area contributed by atoms with Crippen LogP contribution in [-0.4, -0.2) is 48.1 Å². The number of nitrogens with zero attached hydrogens (tertiary/aromatic N) is 3. The van der Waals surface area contributed by atoms with E-state index in [1.165, 1.54) is 7.11 Å². The van der Waals surface area contributed by atoms with E-state index >= 15 is 0 Å². The molecule has 7 heteroatoms. The van der Waals surface area contributed by atoms with Gasteiger partial charge in [0.05, 0.1) is 31.2 Å². The normalized spacial score (nSPS) is 16.7. The molecule has 3 rings (SSSR count). The smallest absolute Gasteiger partial charge is 0.249 e. The fourth-order valence-corrected chi connectivity index (χ4v) is 2.92. The first-order valence-corrected chi connectivity index (χ1v) is 8.13. The number of carbonyl (C=O) groups is 1. The first kappa shape index (κ1) is 17.2. The van der Waals surface area contributed by atoms with Gasteiger partial charge in [-0.1, -0.05) is 0 Å². The lowest BCUT2D eigenvalue weighted by molar-refractivity contribution is -0.136. The number of rotatable bonds is 6. The minimum Gasteiger partial charge on any atom is -0.497 e. The van der Waals surface area contributed by atoms with Crippen molar-refractivity contribution in [2.45, 2.75) is 18.9 Å². The van der Waals surface area contributed by atoms with E-state index in [9.17, 15) is 4.79 Å². The monoisotopic (exact) mass is 343 g/mol. The average Bonchev–Trinajstić information content (AvgIpc) is 3.13. The van der Waals surface area contributed by atoms with Crippen molar-refractivity contribution in [1.82, 2.24) is 14.9 Å². The fraction of sp³-hybridized carbons (Fsp3) is 0.389. The van der Waals surface area contributed by atoms with E-state index in [1.54, 1.807) is 36.5 Å². The van der Waals surface area contributed by atoms with Gasteiger partial charge >= 0.3 is 0 Å². The SMILES string of the molecule is COCC(=O)N1CCCC1c1cncc(Oc2ccc(OC)cc2)n1. The molecule has 1 aliphatic rings. The molecule has 132 valence electrons. The Balaban J connectivity index is 1.75. The van der Waals surface area contributed by atoms with Crippen LogP contribution in [0.15, 0.2) is 36.7 Å². The van der Waals surface area contributed by atoms with Crippen LogP contribution in [0.25, 0.3) is 0 Å². The zero-order chi connectivity index (χ0) is 17.6. The summed E-state index contributed by atoms with van der Waals surface area (Å²) in [4.78, 5) is 22.7. The topological polar surface area (TPSA) is 73.8 Å². The minimum atomic E-state index is -0.0884. The van der Waals surface area contributed by atoms with Crippen molar-refractivity contribution in [3.8, 4) is 17.4 Å². The van der Waals surface area contributed by atoms with Crippen molar-refractivity contribution in [3.63, 3.8) is 0 Å². The third-order valence-corrected chi connectivity index (χ3v) is 4.10. The lowest BCUT2D eigenvalue weighted by Gasteiger charge is -2.24. The van der Waals surface area contributed by atoms with Gasteiger partial charge in [0.2, 0.25) is 11.8 Å². The number of methoxy groups -OCH3 is 2. The Morgan fingerprint density at radius 1 is 1.20 bits per heavy atom. The van der Waals surface area contributed by atoms with Gasteiger partial charge in [0.15, 0.2) is 0 Å². The van der Waals surface area contributed by atoms with Crippen LogP contribution in [0.3, 0.4) is 0 Å². The van der Waals surface area contributed by atoms with Gasteiger partial charge in [0, 0.05) is 13.7 Å². The van der Waals surface area contributed by atoms with Crippen LogP contribution in [0.2, 0.25) is 0 Å². The largest absolute Gasteiger partial charge is 0.497 e. The first-order chi connectivity index (χ1) is 12.2. The van der Waals surface area contributed by atoms with Crippen LogP contribution in [-0.2, 0) is 9.53 Å². The molecule has 1 unspecified atom stereocenters. The molecule has 1 fully saturated rings. The Labute approximate surface area is 146 Å². The zero-order valence-electron chi connectivity index (χ0n) is 14.3. The second-order valence-corrected chi connectivity index (χ2v) is 5.74. The highest BCUT2D eigenvalue weighted by Crippen LogP contribution is 2.32. The predicted molar refractivity (Wildman–Crippen MR) is 90.7 cm³/mol. The highest BCUT2D eigenvalue weighted by Gasteiger charge is 2.31. The molecule has 0 aliphatic carbocycles. The van der Waals surface area contributed by atoms with E-state index in [0.29, 0.717) is 18.2 Å². The maximum Gasteiger partial charge on any atom is 0.249 e. The number of hydrogen-bond acceptors (Lipinski definition) is 6. The van der Waals surface area contributed by atoms with Crippen LogP contribution in [0.4, 0.5) is 0 Å². The average molecular weight is 343 g/mol. The second kappa shape index (κ2) is 7.94. The molecule has 0 N–H and O–H groups in total. The lowest BCUT2D eigenvalue weighted by Crippen LogP contribution is -2.33. The summed E-state index contributed by atoms with van der Waals surface area (Å²) < 4.78 is 15.9. The molecule has 0 radical (unpaired) electrons. The number of likely N-dealkylation sites (tertiary alicyclic amines) is 1. The summed E-state index contributed by atoms with van der Waals surface area (Å²) in [7, 11) is 3.13. The number of benzene rings is 1. The van der Waals surface area contributed by atoms with Crippen LogP contribution in [0.1, 0.15) is 24.6 Å². The fourth-order valence-electron chi connectivity index (χ4n) is 2.92. The maximum atomic E-state index is 12.2. The van der Waals surface area contributed by atoms with Gasteiger partial charge in [-0.2, -0.15) is 0 Å². The molecular formula is C18H21N3O4. The van der Waals surface area contributed by atoms with Crippen molar-refractivity contribution < 1.29 is 19.0 Å². The van der Waals surface area contributed by atoms with Crippen LogP contribution < -0.4 is 9.47 Å². The number of hydrogen-bond donors (Lipinski definition) is 0. The molecule has 1 amide bonds. The second-order valence-electron chi connectivity index (χ2n) is 5.74. The molecule has 2 aromatic rings. The molecule has 1 aromatic carbocycles. The molecule has 1 aromatic heterocycles. The van der Waals surface area contributed by atoms with Crippen LogP contribution in [0, 0.1) is 0 Å². The number of ether oxygens (including phenoxy) is 3. The van der Waals surface area contributed by atoms with Crippen LogP contribution >= 0.6 is 0 Å². The van der Waals surface area contributed by atoms with Gasteiger partial charge in [0.25, 0.3) is 0 Å². The first-order valence-electron chi connectivity index (χ1n) is 8.13. The molecule has 0 saturated carbocycles. The highest BCUT2D eigenvalue weighted by molar-refractivity contribution is 5.78. The Morgan fingerprint density at radius 3 is 2.68 bits per heavy atom. The third kappa shape index (κ3) is 4.06. The predicted octanol–water partition coefficient (Wildman–Crippen LogP) is 2.59. The number of aromatic nitrogens is 2. The summed E-state index contributed by atoms with van der Waals surface area (Å²) in [5, 5.41) is 0. The summed E-state index contributed by atoms with van der Waals surface area (Å²) in [6.45, 7) is 0.782. The van der Waals surface area contributed by atoms with Crippen molar-refractivity contribution in [2.75, 3.05) is 27.4 Å². The summed E-state index contributed by atoms with van der Waals surface area (Å²) in [6.07, 6.45) is 5.04. The molecule has 1 atom stereocenters. The third-order valence-electron chi connectivity index (χ3n) is 4.10. The van der Waals surface area contributed by atoms with E-state index in [4.69, 9.17) is 14.2 Å². The van der Waals surface area contributed by atoms with Crippen molar-refractivity contribution in [2.24, 2.45) is 0 Å². The molecule has 1 aliphatic heterocycles. The summed E-state index contributed by atoms with van der Waals surface area (Å²) in [5.74, 6) is 1.76. The van der Waals surface area contributed by atoms with E-state index in [-0.39, 0.29) is 18.6 Å². The quantitative estimate of drug-likeness (QED) is 0.803. The summed E-state index contributed by atoms with van der Waals surface area (Å²) in [6, 6.07) is 7.15. The van der Waals surface area contributed by atoms with Crippen LogP contribution in [0.5, 0.6) is 17.4 Å². The van der Waals surface area contributed by atoms with Gasteiger partial charge < -0.3 is 19.1 Å². The molecule has 7 nitrogen and oxygen atoms in total. The maximum absolute atomic E-state index is 12.2. The van der Waals surface area contributed by atoms with Crippen molar-refractivity contribution in [3.05, 3.63) is 42.4 Å². The minimum absolute atomic E-state index is 0.0340. The zero-order valence-corrected chi connectivity index (χ0v) is 14.3. The molecule has 1 saturated heterocycles. The lowest BCUT2D eigenvalue weighted by atomic mass is 10.1. The molecule has 2 heterocycles. The van der Waals surface area contributed by atoms with Gasteiger partial charge in [-0.15, -0.1) is 0 Å². The van der Waals surface area contributed by atoms with Gasteiger partial charge in [-0.25, -0.2) is 4.98 Å². The van der Waals surface area contributed by atoms with Gasteiger partial charge in [0.1, 0.15) is 18.1 Å². The Morgan fingerprint density at radius 2 is 1.96 bits per heavy atom. The van der Waals surface area contributed by atoms with Crippen molar-refractivity contribution >= 4 is 5.91 Å². The van der Waals surface area contributed by atoms with E-state index in [1.807, 2.05) is 12.1 Å². The Bertz CT molecular complexity index is 721. The highest BCUT2D eigenvalue weighted by atomic mass is 16.5. The van der Waals surface area contributed by atoms with E-state index < -0.39 is 0 Å². The summed E-state index contributed by atoms with van der Waals surface area (Å²) >= 11 is 0. The standard InChI is InChI=1S/C18H21N3O4/c1-23-12-18(22)21-9-3-4-16(21)15-10-19-11-17(20-15)25-14-7-5-13(24-2)6-8-14/h5-8,10-11,16H,3-4,9,12H2,1-2H3. The Kier molecular flexibility index (Phi) is 5.45. The summed E-state index contributed by atoms with van der Waals surface area (Å²) in [5.41, 5.74) is 0.730. The van der Waals surface area contributed by atoms with E-state index in [2.05, 4.69) is 9.97 Å². The molecule has 25 heavy (non-hydrogen) atoms. The number of carbonyl (C=O) groups excluding carboxylic acids is 1. The molecule has 0 bridgehead atoms. The molecule has 0 spiro atoms. The Hall–Kier alpha value is -2.67. The molecular weight excluding hydrogens is 322 g/mol. The van der Waals surface area contributed by atoms with E-state index in [0.717, 1.165) is 24.3 Å². The van der Waals surface area contributed by atoms with Gasteiger partial charge in [-0.3, -0.25) is 9.78 Å². The number of amides is 1.